The minimum Gasteiger partial charge on any atom is -0.392 e. The molecule has 1 rings (SSSR count). The summed E-state index contributed by atoms with van der Waals surface area (Å²) < 4.78 is 12.8. The first-order valence-corrected chi connectivity index (χ1v) is 4.65. The van der Waals surface area contributed by atoms with E-state index in [1.807, 2.05) is 11.9 Å². The first kappa shape index (κ1) is 10.9. The van der Waals surface area contributed by atoms with E-state index >= 15 is 0 Å². The third kappa shape index (κ3) is 2.42. The second-order valence-electron chi connectivity index (χ2n) is 3.22. The summed E-state index contributed by atoms with van der Waals surface area (Å²) in [6.07, 6.45) is 2.15. The Hall–Kier alpha value is -1.16. The molecule has 0 radical (unpaired) electrons. The highest BCUT2D eigenvalue weighted by Crippen LogP contribution is 2.17. The third-order valence-corrected chi connectivity index (χ3v) is 2.00. The number of aliphatic hydroxyl groups is 1. The van der Waals surface area contributed by atoms with Crippen molar-refractivity contribution >= 4 is 5.82 Å². The van der Waals surface area contributed by atoms with Gasteiger partial charge in [-0.1, -0.05) is 6.92 Å². The highest BCUT2D eigenvalue weighted by Gasteiger charge is 2.08. The second-order valence-corrected chi connectivity index (χ2v) is 3.22. The molecule has 4 heteroatoms. The van der Waals surface area contributed by atoms with E-state index in [-0.39, 0.29) is 6.61 Å². The predicted molar refractivity (Wildman–Crippen MR) is 53.7 cm³/mol. The van der Waals surface area contributed by atoms with Crippen molar-refractivity contribution in [2.24, 2.45) is 0 Å². The van der Waals surface area contributed by atoms with Gasteiger partial charge in [0, 0.05) is 19.2 Å². The van der Waals surface area contributed by atoms with Gasteiger partial charge in [-0.05, 0) is 12.5 Å². The van der Waals surface area contributed by atoms with E-state index in [0.717, 1.165) is 13.0 Å². The largest absolute Gasteiger partial charge is 0.392 e. The third-order valence-electron chi connectivity index (χ3n) is 2.00. The number of halogens is 1. The van der Waals surface area contributed by atoms with Crippen molar-refractivity contribution in [1.29, 1.82) is 0 Å². The molecule has 1 aromatic heterocycles. The zero-order valence-electron chi connectivity index (χ0n) is 8.50. The molecule has 0 unspecified atom stereocenters. The van der Waals surface area contributed by atoms with Crippen molar-refractivity contribution in [1.82, 2.24) is 4.98 Å². The van der Waals surface area contributed by atoms with Gasteiger partial charge in [0.2, 0.25) is 0 Å². The number of hydrogen-bond acceptors (Lipinski definition) is 3. The summed E-state index contributed by atoms with van der Waals surface area (Å²) in [4.78, 5) is 5.87. The van der Waals surface area contributed by atoms with Crippen LogP contribution in [0.2, 0.25) is 0 Å². The smallest absolute Gasteiger partial charge is 0.142 e. The number of aromatic nitrogens is 1. The van der Waals surface area contributed by atoms with Crippen LogP contribution < -0.4 is 4.90 Å². The van der Waals surface area contributed by atoms with E-state index in [1.165, 1.54) is 12.3 Å². The molecule has 0 bridgehead atoms. The van der Waals surface area contributed by atoms with Crippen LogP contribution >= 0.6 is 0 Å². The molecule has 14 heavy (non-hydrogen) atoms. The van der Waals surface area contributed by atoms with Crippen LogP contribution in [0.25, 0.3) is 0 Å². The molecular formula is C10H15FN2O. The lowest BCUT2D eigenvalue weighted by atomic mass is 10.2. The topological polar surface area (TPSA) is 36.4 Å². The van der Waals surface area contributed by atoms with E-state index in [2.05, 4.69) is 11.9 Å². The number of hydrogen-bond donors (Lipinski definition) is 1. The Labute approximate surface area is 83.2 Å². The molecule has 0 amide bonds. The number of aliphatic hydroxyl groups excluding tert-OH is 1. The van der Waals surface area contributed by atoms with Gasteiger partial charge in [-0.2, -0.15) is 0 Å². The molecule has 0 fully saturated rings. The normalized spacial score (nSPS) is 10.3. The Kier molecular flexibility index (Phi) is 3.83. The van der Waals surface area contributed by atoms with E-state index < -0.39 is 5.82 Å². The summed E-state index contributed by atoms with van der Waals surface area (Å²) in [5.74, 6) is 0.235. The maximum atomic E-state index is 12.8. The molecule has 3 nitrogen and oxygen atoms in total. The summed E-state index contributed by atoms with van der Waals surface area (Å²) in [5, 5.41) is 9.03. The maximum absolute atomic E-state index is 12.8. The fourth-order valence-corrected chi connectivity index (χ4v) is 1.38. The van der Waals surface area contributed by atoms with Gasteiger partial charge >= 0.3 is 0 Å². The molecule has 0 aliphatic rings. The van der Waals surface area contributed by atoms with Crippen LogP contribution in [-0.4, -0.2) is 23.7 Å². The second kappa shape index (κ2) is 4.91. The Balaban J connectivity index is 2.95. The van der Waals surface area contributed by atoms with Gasteiger partial charge in [0.25, 0.3) is 0 Å². The lowest BCUT2D eigenvalue weighted by Gasteiger charge is -2.19. The molecule has 0 saturated heterocycles. The van der Waals surface area contributed by atoms with E-state index in [1.54, 1.807) is 0 Å². The van der Waals surface area contributed by atoms with Crippen LogP contribution in [-0.2, 0) is 6.61 Å². The minimum absolute atomic E-state index is 0.186. The SMILES string of the molecule is CCCN(C)c1ncc(F)cc1CO. The lowest BCUT2D eigenvalue weighted by molar-refractivity contribution is 0.281. The minimum atomic E-state index is -0.414. The molecule has 1 aromatic rings. The molecule has 1 N–H and O–H groups in total. The average Bonchev–Trinajstić information content (AvgIpc) is 2.17. The van der Waals surface area contributed by atoms with Gasteiger partial charge in [0.05, 0.1) is 12.8 Å². The first-order valence-electron chi connectivity index (χ1n) is 4.65. The van der Waals surface area contributed by atoms with Crippen molar-refractivity contribution < 1.29 is 9.50 Å². The molecular weight excluding hydrogens is 183 g/mol. The van der Waals surface area contributed by atoms with E-state index in [4.69, 9.17) is 5.11 Å². The van der Waals surface area contributed by atoms with Crippen LogP contribution in [0.4, 0.5) is 10.2 Å². The fourth-order valence-electron chi connectivity index (χ4n) is 1.38. The van der Waals surface area contributed by atoms with Gasteiger partial charge < -0.3 is 10.0 Å². The molecule has 0 aliphatic heterocycles. The van der Waals surface area contributed by atoms with Crippen LogP contribution in [0.3, 0.4) is 0 Å². The van der Waals surface area contributed by atoms with Gasteiger partial charge in [0.15, 0.2) is 0 Å². The molecule has 78 valence electrons. The van der Waals surface area contributed by atoms with Crippen LogP contribution in [0.1, 0.15) is 18.9 Å². The molecule has 0 aromatic carbocycles. The highest BCUT2D eigenvalue weighted by molar-refractivity contribution is 5.45. The predicted octanol–water partition coefficient (Wildman–Crippen LogP) is 1.56. The fraction of sp³-hybridized carbons (Fsp3) is 0.500. The van der Waals surface area contributed by atoms with Crippen molar-refractivity contribution in [2.75, 3.05) is 18.5 Å². The first-order chi connectivity index (χ1) is 6.69. The van der Waals surface area contributed by atoms with Gasteiger partial charge in [-0.15, -0.1) is 0 Å². The number of rotatable bonds is 4. The Bertz CT molecular complexity index is 304. The summed E-state index contributed by atoms with van der Waals surface area (Å²) in [6, 6.07) is 1.31. The molecule has 1 heterocycles. The zero-order valence-corrected chi connectivity index (χ0v) is 8.50. The number of anilines is 1. The van der Waals surface area contributed by atoms with Crippen LogP contribution in [0.5, 0.6) is 0 Å². The standard InChI is InChI=1S/C10H15FN2O/c1-3-4-13(2)10-8(7-14)5-9(11)6-12-10/h5-6,14H,3-4,7H2,1-2H3. The summed E-state index contributed by atoms with van der Waals surface area (Å²) in [6.45, 7) is 2.71. The average molecular weight is 198 g/mol. The summed E-state index contributed by atoms with van der Waals surface area (Å²) in [7, 11) is 1.88. The van der Waals surface area contributed by atoms with Crippen molar-refractivity contribution in [3.05, 3.63) is 23.6 Å². The van der Waals surface area contributed by atoms with Crippen molar-refractivity contribution in [2.45, 2.75) is 20.0 Å². The Morgan fingerprint density at radius 3 is 2.86 bits per heavy atom. The molecule has 0 atom stereocenters. The van der Waals surface area contributed by atoms with Gasteiger partial charge in [0.1, 0.15) is 11.6 Å². The Morgan fingerprint density at radius 1 is 1.57 bits per heavy atom. The van der Waals surface area contributed by atoms with Gasteiger partial charge in [-0.3, -0.25) is 0 Å². The number of nitrogens with zero attached hydrogens (tertiary/aromatic N) is 2. The van der Waals surface area contributed by atoms with E-state index in [9.17, 15) is 4.39 Å². The molecule has 0 spiro atoms. The van der Waals surface area contributed by atoms with Crippen molar-refractivity contribution in [3.63, 3.8) is 0 Å². The monoisotopic (exact) mass is 198 g/mol. The number of pyridine rings is 1. The molecule has 0 saturated carbocycles. The summed E-state index contributed by atoms with van der Waals surface area (Å²) >= 11 is 0. The Morgan fingerprint density at radius 2 is 2.29 bits per heavy atom. The lowest BCUT2D eigenvalue weighted by Crippen LogP contribution is -2.20. The maximum Gasteiger partial charge on any atom is 0.142 e. The highest BCUT2D eigenvalue weighted by atomic mass is 19.1. The van der Waals surface area contributed by atoms with E-state index in [0.29, 0.717) is 11.4 Å². The van der Waals surface area contributed by atoms with Crippen LogP contribution in [0, 0.1) is 5.82 Å². The van der Waals surface area contributed by atoms with Crippen molar-refractivity contribution in [3.8, 4) is 0 Å². The van der Waals surface area contributed by atoms with Crippen LogP contribution in [0.15, 0.2) is 12.3 Å². The zero-order chi connectivity index (χ0) is 10.6. The summed E-state index contributed by atoms with van der Waals surface area (Å²) in [5.41, 5.74) is 0.529. The quantitative estimate of drug-likeness (QED) is 0.797. The molecule has 0 aliphatic carbocycles. The van der Waals surface area contributed by atoms with Gasteiger partial charge in [-0.25, -0.2) is 9.37 Å².